The van der Waals surface area contributed by atoms with Crippen LogP contribution in [0.25, 0.3) is 0 Å². The standard InChI is InChI=1S/C14H29N5/c1-5-7-8-9-14(3,4)12-19-13(16-17-18-19)11-15-10-6-2/h15H,5-12H2,1-4H3. The van der Waals surface area contributed by atoms with Gasteiger partial charge in [0.25, 0.3) is 0 Å². The molecule has 0 spiro atoms. The van der Waals surface area contributed by atoms with E-state index in [9.17, 15) is 0 Å². The number of nitrogens with one attached hydrogen (secondary N) is 1. The molecule has 0 saturated carbocycles. The van der Waals surface area contributed by atoms with Gasteiger partial charge in [0, 0.05) is 6.54 Å². The van der Waals surface area contributed by atoms with E-state index in [0.29, 0.717) is 0 Å². The Bertz CT molecular complexity index is 345. The number of hydrogen-bond donors (Lipinski definition) is 1. The fourth-order valence-electron chi connectivity index (χ4n) is 2.19. The third-order valence-electron chi connectivity index (χ3n) is 3.35. The zero-order chi connectivity index (χ0) is 14.1. The maximum absolute atomic E-state index is 4.12. The van der Waals surface area contributed by atoms with Crippen LogP contribution in [0.5, 0.6) is 0 Å². The molecule has 1 N–H and O–H groups in total. The molecular formula is C14H29N5. The molecule has 1 aromatic heterocycles. The maximum Gasteiger partial charge on any atom is 0.165 e. The summed E-state index contributed by atoms with van der Waals surface area (Å²) >= 11 is 0. The molecule has 5 heteroatoms. The van der Waals surface area contributed by atoms with Gasteiger partial charge in [-0.1, -0.05) is 47.0 Å². The molecule has 0 saturated heterocycles. The quantitative estimate of drug-likeness (QED) is 0.662. The number of tetrazole rings is 1. The summed E-state index contributed by atoms with van der Waals surface area (Å²) in [7, 11) is 0. The molecule has 0 aliphatic rings. The molecule has 1 rings (SSSR count). The van der Waals surface area contributed by atoms with Gasteiger partial charge in [-0.3, -0.25) is 0 Å². The number of aromatic nitrogens is 4. The first-order valence-corrected chi connectivity index (χ1v) is 7.55. The second kappa shape index (κ2) is 8.25. The lowest BCUT2D eigenvalue weighted by atomic mass is 9.87. The topological polar surface area (TPSA) is 55.6 Å². The largest absolute Gasteiger partial charge is 0.310 e. The molecule has 0 aromatic carbocycles. The van der Waals surface area contributed by atoms with Crippen molar-refractivity contribution < 1.29 is 0 Å². The average molecular weight is 267 g/mol. The minimum absolute atomic E-state index is 0.254. The smallest absolute Gasteiger partial charge is 0.165 e. The summed E-state index contributed by atoms with van der Waals surface area (Å²) in [6, 6.07) is 0. The second-order valence-corrected chi connectivity index (χ2v) is 6.05. The van der Waals surface area contributed by atoms with Crippen LogP contribution in [0.15, 0.2) is 0 Å². The molecule has 0 unspecified atom stereocenters. The summed E-state index contributed by atoms with van der Waals surface area (Å²) in [5.74, 6) is 0.942. The summed E-state index contributed by atoms with van der Waals surface area (Å²) in [5.41, 5.74) is 0.254. The fourth-order valence-corrected chi connectivity index (χ4v) is 2.19. The zero-order valence-electron chi connectivity index (χ0n) is 12.9. The Labute approximate surface area is 117 Å². The van der Waals surface area contributed by atoms with Crippen LogP contribution in [0.2, 0.25) is 0 Å². The predicted molar refractivity (Wildman–Crippen MR) is 77.7 cm³/mol. The first-order valence-electron chi connectivity index (χ1n) is 7.55. The minimum atomic E-state index is 0.254. The van der Waals surface area contributed by atoms with E-state index in [2.05, 4.69) is 48.5 Å². The fraction of sp³-hybridized carbons (Fsp3) is 0.929. The van der Waals surface area contributed by atoms with E-state index in [-0.39, 0.29) is 5.41 Å². The highest BCUT2D eigenvalue weighted by molar-refractivity contribution is 4.82. The van der Waals surface area contributed by atoms with Gasteiger partial charge in [-0.2, -0.15) is 0 Å². The van der Waals surface area contributed by atoms with Crippen molar-refractivity contribution in [2.45, 2.75) is 72.9 Å². The molecule has 0 atom stereocenters. The summed E-state index contributed by atoms with van der Waals surface area (Å²) in [6.45, 7) is 11.7. The van der Waals surface area contributed by atoms with E-state index < -0.39 is 0 Å². The van der Waals surface area contributed by atoms with Crippen molar-refractivity contribution in [3.8, 4) is 0 Å². The van der Waals surface area contributed by atoms with E-state index in [1.165, 1.54) is 25.7 Å². The summed E-state index contributed by atoms with van der Waals surface area (Å²) in [5, 5.41) is 15.4. The first kappa shape index (κ1) is 16.1. The van der Waals surface area contributed by atoms with E-state index in [1.54, 1.807) is 0 Å². The molecule has 1 aromatic rings. The van der Waals surface area contributed by atoms with Crippen LogP contribution in [-0.2, 0) is 13.1 Å². The van der Waals surface area contributed by atoms with Crippen molar-refractivity contribution in [1.29, 1.82) is 0 Å². The highest BCUT2D eigenvalue weighted by atomic mass is 15.5. The van der Waals surface area contributed by atoms with Crippen molar-refractivity contribution >= 4 is 0 Å². The van der Waals surface area contributed by atoms with Crippen molar-refractivity contribution in [3.63, 3.8) is 0 Å². The number of unbranched alkanes of at least 4 members (excludes halogenated alkanes) is 2. The van der Waals surface area contributed by atoms with Crippen LogP contribution in [0, 0.1) is 5.41 Å². The third-order valence-corrected chi connectivity index (χ3v) is 3.35. The highest BCUT2D eigenvalue weighted by Crippen LogP contribution is 2.25. The molecule has 0 aliphatic carbocycles. The van der Waals surface area contributed by atoms with Gasteiger partial charge in [-0.05, 0) is 35.2 Å². The molecule has 0 bridgehead atoms. The Kier molecular flexibility index (Phi) is 6.99. The van der Waals surface area contributed by atoms with E-state index in [0.717, 1.165) is 31.9 Å². The van der Waals surface area contributed by atoms with Crippen LogP contribution < -0.4 is 5.32 Å². The monoisotopic (exact) mass is 267 g/mol. The van der Waals surface area contributed by atoms with Crippen LogP contribution in [0.3, 0.4) is 0 Å². The minimum Gasteiger partial charge on any atom is -0.310 e. The lowest BCUT2D eigenvalue weighted by Gasteiger charge is -2.24. The molecule has 5 nitrogen and oxygen atoms in total. The normalized spacial score (nSPS) is 12.0. The molecule has 0 aliphatic heterocycles. The lowest BCUT2D eigenvalue weighted by Crippen LogP contribution is -2.24. The van der Waals surface area contributed by atoms with Crippen molar-refractivity contribution in [2.75, 3.05) is 6.54 Å². The van der Waals surface area contributed by atoms with Gasteiger partial charge in [0.05, 0.1) is 6.54 Å². The van der Waals surface area contributed by atoms with Gasteiger partial charge in [0.15, 0.2) is 5.82 Å². The van der Waals surface area contributed by atoms with E-state index in [4.69, 9.17) is 0 Å². The molecule has 0 radical (unpaired) electrons. The molecule has 1 heterocycles. The summed E-state index contributed by atoms with van der Waals surface area (Å²) < 4.78 is 1.95. The Morgan fingerprint density at radius 2 is 1.95 bits per heavy atom. The second-order valence-electron chi connectivity index (χ2n) is 6.05. The van der Waals surface area contributed by atoms with Gasteiger partial charge < -0.3 is 5.32 Å². The summed E-state index contributed by atoms with van der Waals surface area (Å²) in [4.78, 5) is 0. The zero-order valence-corrected chi connectivity index (χ0v) is 12.9. The van der Waals surface area contributed by atoms with Crippen LogP contribution in [0.1, 0.15) is 65.6 Å². The summed E-state index contributed by atoms with van der Waals surface area (Å²) in [6.07, 6.45) is 6.22. The van der Waals surface area contributed by atoms with Crippen LogP contribution >= 0.6 is 0 Å². The highest BCUT2D eigenvalue weighted by Gasteiger charge is 2.20. The molecule has 0 fully saturated rings. The third kappa shape index (κ3) is 6.14. The Morgan fingerprint density at radius 1 is 1.16 bits per heavy atom. The number of nitrogens with zero attached hydrogens (tertiary/aromatic N) is 4. The lowest BCUT2D eigenvalue weighted by molar-refractivity contribution is 0.252. The van der Waals surface area contributed by atoms with Gasteiger partial charge in [0.2, 0.25) is 0 Å². The molecular weight excluding hydrogens is 238 g/mol. The van der Waals surface area contributed by atoms with Gasteiger partial charge in [-0.25, -0.2) is 4.68 Å². The Hall–Kier alpha value is -0.970. The van der Waals surface area contributed by atoms with Crippen LogP contribution in [-0.4, -0.2) is 26.8 Å². The number of hydrogen-bond acceptors (Lipinski definition) is 4. The molecule has 110 valence electrons. The van der Waals surface area contributed by atoms with Crippen molar-refractivity contribution in [1.82, 2.24) is 25.5 Å². The SMILES string of the molecule is CCCCCC(C)(C)Cn1nnnc1CNCCC. The van der Waals surface area contributed by atoms with Gasteiger partial charge >= 0.3 is 0 Å². The van der Waals surface area contributed by atoms with Gasteiger partial charge in [-0.15, -0.1) is 5.10 Å². The maximum atomic E-state index is 4.12. The van der Waals surface area contributed by atoms with Crippen molar-refractivity contribution in [3.05, 3.63) is 5.82 Å². The Morgan fingerprint density at radius 3 is 2.63 bits per heavy atom. The van der Waals surface area contributed by atoms with Gasteiger partial charge in [0.1, 0.15) is 0 Å². The van der Waals surface area contributed by atoms with E-state index in [1.807, 2.05) is 4.68 Å². The molecule has 0 amide bonds. The Balaban J connectivity index is 2.48. The van der Waals surface area contributed by atoms with E-state index >= 15 is 0 Å². The molecule has 19 heavy (non-hydrogen) atoms. The first-order chi connectivity index (χ1) is 9.09. The van der Waals surface area contributed by atoms with Crippen molar-refractivity contribution in [2.24, 2.45) is 5.41 Å². The van der Waals surface area contributed by atoms with Crippen LogP contribution in [0.4, 0.5) is 0 Å². The average Bonchev–Trinajstić information content (AvgIpc) is 2.76. The number of rotatable bonds is 10. The predicted octanol–water partition coefficient (Wildman–Crippen LogP) is 2.78.